The van der Waals surface area contributed by atoms with Gasteiger partial charge in [0.05, 0.1) is 6.61 Å². The molecule has 0 aliphatic heterocycles. The Morgan fingerprint density at radius 1 is 1.26 bits per heavy atom. The minimum absolute atomic E-state index is 0.408. The quantitative estimate of drug-likeness (QED) is 0.817. The highest BCUT2D eigenvalue weighted by atomic mass is 16.5. The van der Waals surface area contributed by atoms with Crippen molar-refractivity contribution in [1.29, 1.82) is 0 Å². The minimum Gasteiger partial charge on any atom is -0.494 e. The van der Waals surface area contributed by atoms with Gasteiger partial charge in [0, 0.05) is 18.0 Å². The summed E-state index contributed by atoms with van der Waals surface area (Å²) >= 11 is 0. The van der Waals surface area contributed by atoms with Crippen LogP contribution in [-0.2, 0) is 0 Å². The lowest BCUT2D eigenvalue weighted by Gasteiger charge is -2.33. The van der Waals surface area contributed by atoms with Crippen LogP contribution in [0.15, 0.2) is 24.3 Å². The van der Waals surface area contributed by atoms with E-state index in [2.05, 4.69) is 48.6 Å². The standard InChI is InChI=1S/C16H26N2O/c1-5-19-14-8-6-13(7-9-14)15(18(3)4)16(10-11-16)12-17-2/h6-9,15,17H,5,10-12H2,1-4H3. The van der Waals surface area contributed by atoms with Crippen molar-refractivity contribution in [3.05, 3.63) is 29.8 Å². The van der Waals surface area contributed by atoms with E-state index in [-0.39, 0.29) is 0 Å². The lowest BCUT2D eigenvalue weighted by molar-refractivity contribution is 0.191. The molecule has 1 fully saturated rings. The molecule has 1 N–H and O–H groups in total. The van der Waals surface area contributed by atoms with Crippen molar-refractivity contribution in [2.75, 3.05) is 34.3 Å². The van der Waals surface area contributed by atoms with E-state index in [1.54, 1.807) is 0 Å². The van der Waals surface area contributed by atoms with E-state index in [9.17, 15) is 0 Å². The number of hydrogen-bond acceptors (Lipinski definition) is 3. The Balaban J connectivity index is 2.20. The van der Waals surface area contributed by atoms with Crippen molar-refractivity contribution in [3.8, 4) is 5.75 Å². The number of benzene rings is 1. The molecule has 106 valence electrons. The van der Waals surface area contributed by atoms with Crippen molar-refractivity contribution in [1.82, 2.24) is 10.2 Å². The molecule has 1 unspecified atom stereocenters. The average Bonchev–Trinajstić information content (AvgIpc) is 3.12. The van der Waals surface area contributed by atoms with Gasteiger partial charge in [-0.15, -0.1) is 0 Å². The summed E-state index contributed by atoms with van der Waals surface area (Å²) in [5, 5.41) is 3.36. The van der Waals surface area contributed by atoms with Crippen LogP contribution in [0.5, 0.6) is 5.75 Å². The number of nitrogens with zero attached hydrogens (tertiary/aromatic N) is 1. The zero-order valence-corrected chi connectivity index (χ0v) is 12.6. The van der Waals surface area contributed by atoms with Crippen LogP contribution in [0.4, 0.5) is 0 Å². The molecule has 1 aromatic rings. The normalized spacial score (nSPS) is 18.4. The Kier molecular flexibility index (Phi) is 4.48. The van der Waals surface area contributed by atoms with Gasteiger partial charge in [0.15, 0.2) is 0 Å². The van der Waals surface area contributed by atoms with Gasteiger partial charge >= 0.3 is 0 Å². The molecule has 1 aromatic carbocycles. The molecule has 0 heterocycles. The van der Waals surface area contributed by atoms with Crippen LogP contribution in [0.25, 0.3) is 0 Å². The van der Waals surface area contributed by atoms with Crippen LogP contribution in [0.3, 0.4) is 0 Å². The van der Waals surface area contributed by atoms with Gasteiger partial charge in [-0.3, -0.25) is 0 Å². The molecule has 0 radical (unpaired) electrons. The second kappa shape index (κ2) is 5.93. The Morgan fingerprint density at radius 3 is 2.32 bits per heavy atom. The van der Waals surface area contributed by atoms with E-state index in [0.717, 1.165) is 18.9 Å². The van der Waals surface area contributed by atoms with Crippen molar-refractivity contribution in [2.45, 2.75) is 25.8 Å². The molecule has 0 aromatic heterocycles. The van der Waals surface area contributed by atoms with Crippen molar-refractivity contribution < 1.29 is 4.74 Å². The molecule has 0 saturated heterocycles. The molecule has 0 bridgehead atoms. The van der Waals surface area contributed by atoms with Gasteiger partial charge in [-0.1, -0.05) is 12.1 Å². The third-order valence-electron chi connectivity index (χ3n) is 4.02. The summed E-state index contributed by atoms with van der Waals surface area (Å²) in [5.74, 6) is 0.960. The van der Waals surface area contributed by atoms with Crippen LogP contribution >= 0.6 is 0 Å². The maximum atomic E-state index is 5.52. The van der Waals surface area contributed by atoms with E-state index in [0.29, 0.717) is 11.5 Å². The van der Waals surface area contributed by atoms with E-state index in [1.165, 1.54) is 18.4 Å². The molecular weight excluding hydrogens is 236 g/mol. The van der Waals surface area contributed by atoms with E-state index >= 15 is 0 Å². The first-order chi connectivity index (χ1) is 9.13. The van der Waals surface area contributed by atoms with Crippen LogP contribution in [-0.4, -0.2) is 39.2 Å². The fourth-order valence-electron chi connectivity index (χ4n) is 3.17. The first-order valence-electron chi connectivity index (χ1n) is 7.17. The molecule has 1 atom stereocenters. The summed E-state index contributed by atoms with van der Waals surface area (Å²) in [6, 6.07) is 9.09. The Bertz CT molecular complexity index is 396. The van der Waals surface area contributed by atoms with Gasteiger partial charge in [-0.25, -0.2) is 0 Å². The molecule has 1 aliphatic rings. The summed E-state index contributed by atoms with van der Waals surface area (Å²) in [7, 11) is 6.40. The summed E-state index contributed by atoms with van der Waals surface area (Å²) < 4.78 is 5.52. The summed E-state index contributed by atoms with van der Waals surface area (Å²) in [4.78, 5) is 2.35. The third kappa shape index (κ3) is 3.10. The molecule has 2 rings (SSSR count). The first-order valence-corrected chi connectivity index (χ1v) is 7.17. The van der Waals surface area contributed by atoms with Crippen LogP contribution in [0.1, 0.15) is 31.4 Å². The number of ether oxygens (including phenoxy) is 1. The molecular formula is C16H26N2O. The van der Waals surface area contributed by atoms with Gasteiger partial charge in [0.1, 0.15) is 5.75 Å². The molecule has 1 saturated carbocycles. The lowest BCUT2D eigenvalue weighted by atomic mass is 9.89. The smallest absolute Gasteiger partial charge is 0.119 e. The monoisotopic (exact) mass is 262 g/mol. The highest BCUT2D eigenvalue weighted by Crippen LogP contribution is 2.56. The van der Waals surface area contributed by atoms with Crippen LogP contribution in [0, 0.1) is 5.41 Å². The fraction of sp³-hybridized carbons (Fsp3) is 0.625. The maximum absolute atomic E-state index is 5.52. The van der Waals surface area contributed by atoms with Gasteiger partial charge in [0.2, 0.25) is 0 Å². The molecule has 0 spiro atoms. The van der Waals surface area contributed by atoms with E-state index < -0.39 is 0 Å². The second-order valence-corrected chi connectivity index (χ2v) is 5.76. The zero-order chi connectivity index (χ0) is 13.9. The Hall–Kier alpha value is -1.06. The van der Waals surface area contributed by atoms with Crippen LogP contribution < -0.4 is 10.1 Å². The largest absolute Gasteiger partial charge is 0.494 e. The first kappa shape index (κ1) is 14.4. The molecule has 3 nitrogen and oxygen atoms in total. The molecule has 19 heavy (non-hydrogen) atoms. The lowest BCUT2D eigenvalue weighted by Crippen LogP contribution is -2.34. The number of rotatable bonds is 7. The van der Waals surface area contributed by atoms with Crippen molar-refractivity contribution in [3.63, 3.8) is 0 Å². The predicted octanol–water partition coefficient (Wildman–Crippen LogP) is 2.69. The molecule has 3 heteroatoms. The van der Waals surface area contributed by atoms with Gasteiger partial charge < -0.3 is 15.0 Å². The number of nitrogens with one attached hydrogen (secondary N) is 1. The van der Waals surface area contributed by atoms with E-state index in [1.807, 2.05) is 14.0 Å². The van der Waals surface area contributed by atoms with Gasteiger partial charge in [-0.2, -0.15) is 0 Å². The highest BCUT2D eigenvalue weighted by molar-refractivity contribution is 5.31. The highest BCUT2D eigenvalue weighted by Gasteiger charge is 2.50. The molecule has 1 aliphatic carbocycles. The summed E-state index contributed by atoms with van der Waals surface area (Å²) in [5.41, 5.74) is 1.80. The summed E-state index contributed by atoms with van der Waals surface area (Å²) in [6.07, 6.45) is 2.62. The van der Waals surface area contributed by atoms with Crippen LogP contribution in [0.2, 0.25) is 0 Å². The average molecular weight is 262 g/mol. The predicted molar refractivity (Wildman–Crippen MR) is 79.6 cm³/mol. The SMILES string of the molecule is CCOc1ccc(C(N(C)C)C2(CNC)CC2)cc1. The van der Waals surface area contributed by atoms with Crippen molar-refractivity contribution >= 4 is 0 Å². The minimum atomic E-state index is 0.408. The Morgan fingerprint density at radius 2 is 1.89 bits per heavy atom. The third-order valence-corrected chi connectivity index (χ3v) is 4.02. The van der Waals surface area contributed by atoms with Gasteiger partial charge in [-0.05, 0) is 58.6 Å². The maximum Gasteiger partial charge on any atom is 0.119 e. The zero-order valence-electron chi connectivity index (χ0n) is 12.6. The second-order valence-electron chi connectivity index (χ2n) is 5.76. The topological polar surface area (TPSA) is 24.5 Å². The fourth-order valence-corrected chi connectivity index (χ4v) is 3.17. The number of hydrogen-bond donors (Lipinski definition) is 1. The molecule has 0 amide bonds. The summed E-state index contributed by atoms with van der Waals surface area (Å²) in [6.45, 7) is 3.83. The van der Waals surface area contributed by atoms with E-state index in [4.69, 9.17) is 4.74 Å². The van der Waals surface area contributed by atoms with Gasteiger partial charge in [0.25, 0.3) is 0 Å². The Labute approximate surface area is 116 Å². The van der Waals surface area contributed by atoms with Crippen molar-refractivity contribution in [2.24, 2.45) is 5.41 Å².